The van der Waals surface area contributed by atoms with E-state index in [2.05, 4.69) is 61.5 Å². The minimum absolute atomic E-state index is 0.506. The second-order valence-corrected chi connectivity index (χ2v) is 8.50. The van der Waals surface area contributed by atoms with Gasteiger partial charge in [-0.15, -0.1) is 5.10 Å². The standard InChI is InChI=1S/C22H33N3/c1-4-5-15-22(2,3)16-7-6-8-18-9-13-20(14-10-18)25-17-21(23-24-25)19-11-12-19/h9-10,13-14,17,19H,4-8,11-12,15-16H2,1-3H3. The fraction of sp³-hybridized carbons (Fsp3) is 0.636. The molecule has 1 fully saturated rings. The molecule has 1 saturated carbocycles. The van der Waals surface area contributed by atoms with Gasteiger partial charge < -0.3 is 0 Å². The van der Waals surface area contributed by atoms with Crippen molar-refractivity contribution in [1.29, 1.82) is 0 Å². The summed E-state index contributed by atoms with van der Waals surface area (Å²) in [5.74, 6) is 0.662. The average Bonchev–Trinajstić information content (AvgIpc) is 3.35. The molecule has 25 heavy (non-hydrogen) atoms. The molecule has 0 N–H and O–H groups in total. The topological polar surface area (TPSA) is 30.7 Å². The lowest BCUT2D eigenvalue weighted by Gasteiger charge is -2.24. The third-order valence-electron chi connectivity index (χ3n) is 5.48. The number of nitrogens with zero attached hydrogens (tertiary/aromatic N) is 3. The van der Waals surface area contributed by atoms with Gasteiger partial charge in [0.15, 0.2) is 0 Å². The summed E-state index contributed by atoms with van der Waals surface area (Å²) in [4.78, 5) is 0. The molecule has 0 spiro atoms. The maximum Gasteiger partial charge on any atom is 0.0862 e. The zero-order valence-electron chi connectivity index (χ0n) is 16.2. The van der Waals surface area contributed by atoms with Crippen molar-refractivity contribution in [2.75, 3.05) is 0 Å². The first-order valence-corrected chi connectivity index (χ1v) is 10.1. The molecule has 3 rings (SSSR count). The van der Waals surface area contributed by atoms with Crippen molar-refractivity contribution in [2.24, 2.45) is 5.41 Å². The van der Waals surface area contributed by atoms with Crippen LogP contribution in [0.3, 0.4) is 0 Å². The molecular weight excluding hydrogens is 306 g/mol. The minimum Gasteiger partial charge on any atom is -0.220 e. The SMILES string of the molecule is CCCCC(C)(C)CCCCc1ccc(-n2cc(C3CC3)nn2)cc1. The van der Waals surface area contributed by atoms with E-state index in [0.717, 1.165) is 11.4 Å². The molecule has 1 aromatic carbocycles. The Kier molecular flexibility index (Phi) is 5.93. The molecule has 0 saturated heterocycles. The van der Waals surface area contributed by atoms with E-state index in [1.54, 1.807) is 0 Å². The summed E-state index contributed by atoms with van der Waals surface area (Å²) in [5.41, 5.74) is 4.20. The Labute approximate surface area is 152 Å². The number of benzene rings is 1. The Morgan fingerprint density at radius 2 is 1.76 bits per heavy atom. The maximum atomic E-state index is 4.29. The second kappa shape index (κ2) is 8.16. The van der Waals surface area contributed by atoms with Crippen molar-refractivity contribution in [3.05, 3.63) is 41.7 Å². The van der Waals surface area contributed by atoms with Crippen molar-refractivity contribution < 1.29 is 0 Å². The molecule has 0 atom stereocenters. The molecule has 1 aliphatic carbocycles. The summed E-state index contributed by atoms with van der Waals surface area (Å²) in [6.07, 6.45) is 13.8. The lowest BCUT2D eigenvalue weighted by atomic mass is 9.82. The molecule has 0 aliphatic heterocycles. The third kappa shape index (κ3) is 5.42. The van der Waals surface area contributed by atoms with Crippen molar-refractivity contribution in [3.8, 4) is 5.69 Å². The summed E-state index contributed by atoms with van der Waals surface area (Å²) < 4.78 is 1.91. The van der Waals surface area contributed by atoms with Crippen LogP contribution in [-0.4, -0.2) is 15.0 Å². The van der Waals surface area contributed by atoms with Crippen LogP contribution in [0.25, 0.3) is 5.69 Å². The van der Waals surface area contributed by atoms with Crippen LogP contribution in [0.2, 0.25) is 0 Å². The van der Waals surface area contributed by atoms with E-state index in [1.165, 1.54) is 63.4 Å². The molecule has 2 aromatic rings. The van der Waals surface area contributed by atoms with E-state index in [9.17, 15) is 0 Å². The third-order valence-corrected chi connectivity index (χ3v) is 5.48. The van der Waals surface area contributed by atoms with Crippen molar-refractivity contribution >= 4 is 0 Å². The average molecular weight is 340 g/mol. The quantitative estimate of drug-likeness (QED) is 0.491. The van der Waals surface area contributed by atoms with Crippen LogP contribution in [0.5, 0.6) is 0 Å². The van der Waals surface area contributed by atoms with Crippen LogP contribution in [0.1, 0.15) is 89.3 Å². The van der Waals surface area contributed by atoms with Gasteiger partial charge >= 0.3 is 0 Å². The molecule has 3 heteroatoms. The van der Waals surface area contributed by atoms with Crippen LogP contribution < -0.4 is 0 Å². The fourth-order valence-electron chi connectivity index (χ4n) is 3.50. The van der Waals surface area contributed by atoms with Gasteiger partial charge in [-0.1, -0.05) is 57.4 Å². The molecule has 0 unspecified atom stereocenters. The Hall–Kier alpha value is -1.64. The van der Waals surface area contributed by atoms with Gasteiger partial charge in [0.1, 0.15) is 0 Å². The van der Waals surface area contributed by atoms with Gasteiger partial charge in [-0.05, 0) is 61.6 Å². The normalized spacial score (nSPS) is 14.8. The molecule has 0 radical (unpaired) electrons. The van der Waals surface area contributed by atoms with Crippen LogP contribution in [0.4, 0.5) is 0 Å². The lowest BCUT2D eigenvalue weighted by molar-refractivity contribution is 0.287. The number of hydrogen-bond donors (Lipinski definition) is 0. The summed E-state index contributed by atoms with van der Waals surface area (Å²) in [7, 11) is 0. The number of aromatic nitrogens is 3. The van der Waals surface area contributed by atoms with Crippen LogP contribution in [0, 0.1) is 5.41 Å². The van der Waals surface area contributed by atoms with Crippen LogP contribution >= 0.6 is 0 Å². The Balaban J connectivity index is 1.44. The highest BCUT2D eigenvalue weighted by molar-refractivity contribution is 5.34. The highest BCUT2D eigenvalue weighted by atomic mass is 15.4. The summed E-state index contributed by atoms with van der Waals surface area (Å²) in [6, 6.07) is 8.84. The van der Waals surface area contributed by atoms with E-state index in [-0.39, 0.29) is 0 Å². The Bertz CT molecular complexity index is 650. The van der Waals surface area contributed by atoms with Crippen molar-refractivity contribution in [3.63, 3.8) is 0 Å². The van der Waals surface area contributed by atoms with E-state index >= 15 is 0 Å². The van der Waals surface area contributed by atoms with Crippen LogP contribution in [0.15, 0.2) is 30.5 Å². The molecule has 1 aromatic heterocycles. The zero-order chi connectivity index (χ0) is 17.7. The van der Waals surface area contributed by atoms with Gasteiger partial charge in [0.2, 0.25) is 0 Å². The number of rotatable bonds is 10. The van der Waals surface area contributed by atoms with Gasteiger partial charge in [0, 0.05) is 5.92 Å². The predicted octanol–water partition coefficient (Wildman–Crippen LogP) is 6.07. The van der Waals surface area contributed by atoms with Crippen LogP contribution in [-0.2, 0) is 6.42 Å². The molecule has 3 nitrogen and oxygen atoms in total. The Morgan fingerprint density at radius 1 is 1.04 bits per heavy atom. The van der Waals surface area contributed by atoms with E-state index < -0.39 is 0 Å². The highest BCUT2D eigenvalue weighted by Crippen LogP contribution is 2.38. The highest BCUT2D eigenvalue weighted by Gasteiger charge is 2.26. The first kappa shape index (κ1) is 18.2. The van der Waals surface area contributed by atoms with Crippen molar-refractivity contribution in [1.82, 2.24) is 15.0 Å². The maximum absolute atomic E-state index is 4.29. The summed E-state index contributed by atoms with van der Waals surface area (Å²) >= 11 is 0. The molecular formula is C22H33N3. The number of unbranched alkanes of at least 4 members (excludes halogenated alkanes) is 2. The van der Waals surface area contributed by atoms with Gasteiger partial charge in [-0.3, -0.25) is 0 Å². The van der Waals surface area contributed by atoms with Crippen molar-refractivity contribution in [2.45, 2.75) is 84.5 Å². The lowest BCUT2D eigenvalue weighted by Crippen LogP contribution is -2.11. The largest absolute Gasteiger partial charge is 0.220 e. The molecule has 136 valence electrons. The van der Waals surface area contributed by atoms with Gasteiger partial charge in [-0.25, -0.2) is 4.68 Å². The summed E-state index contributed by atoms with van der Waals surface area (Å²) in [6.45, 7) is 7.13. The van der Waals surface area contributed by atoms with E-state index in [4.69, 9.17) is 0 Å². The first-order chi connectivity index (χ1) is 12.1. The van der Waals surface area contributed by atoms with E-state index in [0.29, 0.717) is 11.3 Å². The number of aryl methyl sites for hydroxylation is 1. The fourth-order valence-corrected chi connectivity index (χ4v) is 3.50. The van der Waals surface area contributed by atoms with Gasteiger partial charge in [0.25, 0.3) is 0 Å². The Morgan fingerprint density at radius 3 is 2.44 bits per heavy atom. The molecule has 0 bridgehead atoms. The number of hydrogen-bond acceptors (Lipinski definition) is 2. The zero-order valence-corrected chi connectivity index (χ0v) is 16.2. The second-order valence-electron chi connectivity index (χ2n) is 8.50. The minimum atomic E-state index is 0.506. The first-order valence-electron chi connectivity index (χ1n) is 10.1. The monoisotopic (exact) mass is 339 g/mol. The smallest absolute Gasteiger partial charge is 0.0862 e. The molecule has 1 aliphatic rings. The van der Waals surface area contributed by atoms with Gasteiger partial charge in [-0.2, -0.15) is 0 Å². The van der Waals surface area contributed by atoms with E-state index in [1.807, 2.05) is 4.68 Å². The summed E-state index contributed by atoms with van der Waals surface area (Å²) in [5, 5.41) is 8.57. The predicted molar refractivity (Wildman–Crippen MR) is 104 cm³/mol. The molecule has 1 heterocycles. The molecule has 0 amide bonds. The van der Waals surface area contributed by atoms with Gasteiger partial charge in [0.05, 0.1) is 17.6 Å².